The topological polar surface area (TPSA) is 94.6 Å². The third-order valence-corrected chi connectivity index (χ3v) is 3.98. The van der Waals surface area contributed by atoms with Gasteiger partial charge in [-0.1, -0.05) is 5.16 Å². The van der Waals surface area contributed by atoms with Crippen LogP contribution in [0.25, 0.3) is 16.9 Å². The van der Waals surface area contributed by atoms with Crippen molar-refractivity contribution < 1.29 is 30.9 Å². The Labute approximate surface area is 162 Å². The lowest BCUT2D eigenvalue weighted by molar-refractivity contribution is -0.142. The molecule has 0 spiro atoms. The predicted octanol–water partition coefficient (Wildman–Crippen LogP) is 3.85. The van der Waals surface area contributed by atoms with E-state index in [1.807, 2.05) is 0 Å². The van der Waals surface area contributed by atoms with Gasteiger partial charge in [-0.2, -0.15) is 36.1 Å². The number of anilines is 1. The van der Waals surface area contributed by atoms with Gasteiger partial charge in [0.05, 0.1) is 17.5 Å². The van der Waals surface area contributed by atoms with E-state index in [1.165, 1.54) is 23.4 Å². The van der Waals surface area contributed by atoms with Crippen LogP contribution in [-0.4, -0.2) is 29.9 Å². The molecule has 0 radical (unpaired) electrons. The Bertz CT molecular complexity index is 1180. The maximum atomic E-state index is 13.2. The van der Waals surface area contributed by atoms with Gasteiger partial charge in [-0.3, -0.25) is 0 Å². The Morgan fingerprint density at radius 3 is 2.37 bits per heavy atom. The number of nitrogens with one attached hydrogen (secondary N) is 1. The van der Waals surface area contributed by atoms with E-state index in [-0.39, 0.29) is 30.2 Å². The monoisotopic (exact) mass is 429 g/mol. The van der Waals surface area contributed by atoms with Crippen LogP contribution in [0.5, 0.6) is 0 Å². The number of fused-ring (bicyclic) bond motifs is 1. The average Bonchev–Trinajstić information content (AvgIpc) is 3.31. The van der Waals surface area contributed by atoms with E-state index in [0.717, 1.165) is 0 Å². The smallest absolute Gasteiger partial charge is 0.359 e. The van der Waals surface area contributed by atoms with Crippen LogP contribution in [0.2, 0.25) is 0 Å². The Balaban J connectivity index is 1.71. The summed E-state index contributed by atoms with van der Waals surface area (Å²) in [5, 5.41) is 9.54. The minimum absolute atomic E-state index is 0.0132. The molecule has 0 saturated heterocycles. The van der Waals surface area contributed by atoms with Crippen molar-refractivity contribution in [2.75, 3.05) is 5.32 Å². The summed E-state index contributed by atoms with van der Waals surface area (Å²) in [7, 11) is 0. The molecule has 4 rings (SSSR count). The molecule has 0 fully saturated rings. The zero-order valence-corrected chi connectivity index (χ0v) is 14.5. The lowest BCUT2D eigenvalue weighted by Crippen LogP contribution is -2.12. The number of rotatable bonds is 4. The van der Waals surface area contributed by atoms with Crippen LogP contribution in [0.3, 0.4) is 0 Å². The first-order valence-corrected chi connectivity index (χ1v) is 8.12. The highest BCUT2D eigenvalue weighted by Crippen LogP contribution is 2.41. The number of benzene rings is 1. The van der Waals surface area contributed by atoms with Gasteiger partial charge in [-0.25, -0.2) is 15.0 Å². The second-order valence-corrected chi connectivity index (χ2v) is 5.92. The molecule has 4 aromatic rings. The van der Waals surface area contributed by atoms with E-state index in [2.05, 4.69) is 30.5 Å². The summed E-state index contributed by atoms with van der Waals surface area (Å²) in [4.78, 5) is 12.0. The van der Waals surface area contributed by atoms with E-state index in [0.29, 0.717) is 6.07 Å². The molecule has 3 aromatic heterocycles. The van der Waals surface area contributed by atoms with Gasteiger partial charge < -0.3 is 9.84 Å². The highest BCUT2D eigenvalue weighted by atomic mass is 19.4. The number of hydrogen-bond acceptors (Lipinski definition) is 7. The molecule has 30 heavy (non-hydrogen) atoms. The lowest BCUT2D eigenvalue weighted by atomic mass is 10.1. The van der Waals surface area contributed by atoms with E-state index >= 15 is 0 Å². The average molecular weight is 429 g/mol. The zero-order chi connectivity index (χ0) is 21.5. The van der Waals surface area contributed by atoms with Gasteiger partial charge in [0.25, 0.3) is 5.95 Å². The first kappa shape index (κ1) is 19.6. The van der Waals surface area contributed by atoms with Crippen molar-refractivity contribution in [1.29, 1.82) is 0 Å². The van der Waals surface area contributed by atoms with Gasteiger partial charge in [-0.15, -0.1) is 0 Å². The molecule has 0 atom stereocenters. The van der Waals surface area contributed by atoms with Crippen LogP contribution in [0.15, 0.2) is 41.4 Å². The van der Waals surface area contributed by atoms with Crippen LogP contribution in [0.4, 0.5) is 32.2 Å². The molecule has 0 aliphatic rings. The normalized spacial score (nSPS) is 12.5. The van der Waals surface area contributed by atoms with Crippen molar-refractivity contribution in [3.05, 3.63) is 53.9 Å². The third-order valence-electron chi connectivity index (χ3n) is 3.98. The molecule has 156 valence electrons. The molecule has 0 amide bonds. The van der Waals surface area contributed by atoms with Crippen molar-refractivity contribution in [3.8, 4) is 5.95 Å². The lowest BCUT2D eigenvalue weighted by Gasteiger charge is -2.12. The van der Waals surface area contributed by atoms with Gasteiger partial charge in [0.1, 0.15) is 11.9 Å². The number of hydrogen-bond donors (Lipinski definition) is 1. The largest absolute Gasteiger partial charge is 0.420 e. The minimum atomic E-state index is -5.07. The summed E-state index contributed by atoms with van der Waals surface area (Å²) in [6.07, 6.45) is -5.94. The molecule has 0 bridgehead atoms. The number of aromatic nitrogens is 6. The number of alkyl halides is 6. The van der Waals surface area contributed by atoms with E-state index in [4.69, 9.17) is 4.52 Å². The van der Waals surface area contributed by atoms with Crippen LogP contribution in [0.1, 0.15) is 17.0 Å². The second kappa shape index (κ2) is 6.96. The van der Waals surface area contributed by atoms with Gasteiger partial charge in [0, 0.05) is 12.4 Å². The Kier molecular flexibility index (Phi) is 4.55. The highest BCUT2D eigenvalue weighted by Gasteiger charge is 2.40. The molecule has 0 aliphatic carbocycles. The van der Waals surface area contributed by atoms with Crippen LogP contribution in [-0.2, 0) is 18.9 Å². The minimum Gasteiger partial charge on any atom is -0.359 e. The quantitative estimate of drug-likeness (QED) is 0.493. The molecule has 1 N–H and O–H groups in total. The van der Waals surface area contributed by atoms with Crippen molar-refractivity contribution >= 4 is 16.8 Å². The van der Waals surface area contributed by atoms with Crippen LogP contribution in [0, 0.1) is 0 Å². The Morgan fingerprint density at radius 1 is 0.967 bits per heavy atom. The van der Waals surface area contributed by atoms with Crippen molar-refractivity contribution in [2.24, 2.45) is 0 Å². The molecule has 0 unspecified atom stereocenters. The molecule has 3 heterocycles. The molecule has 14 heteroatoms. The third kappa shape index (κ3) is 3.62. The zero-order valence-electron chi connectivity index (χ0n) is 14.5. The molecule has 8 nitrogen and oxygen atoms in total. The van der Waals surface area contributed by atoms with Crippen LogP contribution >= 0.6 is 0 Å². The maximum Gasteiger partial charge on any atom is 0.420 e. The summed E-state index contributed by atoms with van der Waals surface area (Å²) in [6.45, 7) is -0.155. The summed E-state index contributed by atoms with van der Waals surface area (Å²) in [6, 6.07) is 2.10. The standard InChI is InChI=1S/C16H9F6N7O/c17-15(18,19)8-4-9-12(10(5-8)16(20,21)22)30-28-13(9)25-6-11-26-7-27-29(11)14-23-2-1-3-24-14/h1-5,7H,6H2,(H,25,28). The molecular weight excluding hydrogens is 420 g/mol. The number of halogens is 6. The number of nitrogens with zero attached hydrogens (tertiary/aromatic N) is 6. The van der Waals surface area contributed by atoms with E-state index in [1.54, 1.807) is 6.07 Å². The summed E-state index contributed by atoms with van der Waals surface area (Å²) < 4.78 is 84.9. The Morgan fingerprint density at radius 2 is 1.70 bits per heavy atom. The fourth-order valence-electron chi connectivity index (χ4n) is 2.66. The van der Waals surface area contributed by atoms with Crippen LogP contribution < -0.4 is 5.32 Å². The Hall–Kier alpha value is -3.71. The van der Waals surface area contributed by atoms with Crippen molar-refractivity contribution in [3.63, 3.8) is 0 Å². The fraction of sp³-hybridized carbons (Fsp3) is 0.188. The van der Waals surface area contributed by atoms with Gasteiger partial charge in [-0.05, 0) is 18.2 Å². The molecule has 1 aromatic carbocycles. The first-order chi connectivity index (χ1) is 14.1. The summed E-state index contributed by atoms with van der Waals surface area (Å²) in [5.74, 6) is 0.0982. The van der Waals surface area contributed by atoms with Gasteiger partial charge >= 0.3 is 12.4 Å². The molecular formula is C16H9F6N7O. The predicted molar refractivity (Wildman–Crippen MR) is 88.3 cm³/mol. The van der Waals surface area contributed by atoms with Gasteiger partial charge in [0.2, 0.25) is 0 Å². The first-order valence-electron chi connectivity index (χ1n) is 8.12. The van der Waals surface area contributed by atoms with Crippen molar-refractivity contribution in [2.45, 2.75) is 18.9 Å². The van der Waals surface area contributed by atoms with E-state index in [9.17, 15) is 26.3 Å². The summed E-state index contributed by atoms with van der Waals surface area (Å²) in [5.41, 5.74) is -3.87. The maximum absolute atomic E-state index is 13.2. The van der Waals surface area contributed by atoms with E-state index < -0.39 is 34.4 Å². The SMILES string of the molecule is FC(F)(F)c1cc(C(F)(F)F)c2onc(NCc3ncnn3-c3ncccn3)c2c1. The highest BCUT2D eigenvalue weighted by molar-refractivity contribution is 5.91. The molecule has 0 saturated carbocycles. The second-order valence-electron chi connectivity index (χ2n) is 5.92. The fourth-order valence-corrected chi connectivity index (χ4v) is 2.66. The molecule has 0 aliphatic heterocycles. The summed E-state index contributed by atoms with van der Waals surface area (Å²) >= 11 is 0. The van der Waals surface area contributed by atoms with Gasteiger partial charge in [0.15, 0.2) is 17.2 Å². The van der Waals surface area contributed by atoms with Crippen molar-refractivity contribution in [1.82, 2.24) is 29.9 Å².